The van der Waals surface area contributed by atoms with Crippen LogP contribution in [0.1, 0.15) is 12.5 Å². The van der Waals surface area contributed by atoms with Crippen LogP contribution in [-0.4, -0.2) is 17.3 Å². The lowest BCUT2D eigenvalue weighted by atomic mass is 10.0. The maximum atomic E-state index is 9.13. The van der Waals surface area contributed by atoms with Gasteiger partial charge in [0.1, 0.15) is 11.4 Å². The minimum absolute atomic E-state index is 0.0361. The molecular formula is C11H11ClO2. The standard InChI is InChI=1S/C11H11ClO2/c1-11(7-13)5-4-8-6-9(12)2-3-10(8)14-11/h2-6,13H,7H2,1H3. The summed E-state index contributed by atoms with van der Waals surface area (Å²) < 4.78 is 5.63. The van der Waals surface area contributed by atoms with Crippen molar-refractivity contribution >= 4 is 17.7 Å². The summed E-state index contributed by atoms with van der Waals surface area (Å²) in [6, 6.07) is 5.43. The lowest BCUT2D eigenvalue weighted by Gasteiger charge is -2.29. The van der Waals surface area contributed by atoms with Crippen LogP contribution in [0.3, 0.4) is 0 Å². The van der Waals surface area contributed by atoms with Gasteiger partial charge in [-0.2, -0.15) is 0 Å². The zero-order chi connectivity index (χ0) is 10.2. The van der Waals surface area contributed by atoms with Crippen molar-refractivity contribution in [1.82, 2.24) is 0 Å². The van der Waals surface area contributed by atoms with Crippen LogP contribution in [0, 0.1) is 0 Å². The van der Waals surface area contributed by atoms with Crippen LogP contribution >= 0.6 is 11.6 Å². The number of rotatable bonds is 1. The molecule has 3 heteroatoms. The monoisotopic (exact) mass is 210 g/mol. The Bertz CT molecular complexity index is 387. The van der Waals surface area contributed by atoms with Crippen molar-refractivity contribution in [2.75, 3.05) is 6.61 Å². The summed E-state index contributed by atoms with van der Waals surface area (Å²) in [5.74, 6) is 0.758. The highest BCUT2D eigenvalue weighted by atomic mass is 35.5. The smallest absolute Gasteiger partial charge is 0.148 e. The Morgan fingerprint density at radius 1 is 1.50 bits per heavy atom. The molecule has 0 aromatic heterocycles. The molecule has 0 saturated heterocycles. The maximum absolute atomic E-state index is 9.13. The molecule has 0 aliphatic carbocycles. The Kier molecular flexibility index (Phi) is 2.25. The molecule has 1 N–H and O–H groups in total. The molecule has 0 saturated carbocycles. The van der Waals surface area contributed by atoms with E-state index in [1.807, 2.05) is 31.2 Å². The van der Waals surface area contributed by atoms with E-state index in [1.54, 1.807) is 6.07 Å². The first-order valence-electron chi connectivity index (χ1n) is 4.42. The zero-order valence-electron chi connectivity index (χ0n) is 7.83. The molecule has 1 aliphatic heterocycles. The van der Waals surface area contributed by atoms with Gasteiger partial charge >= 0.3 is 0 Å². The quantitative estimate of drug-likeness (QED) is 0.772. The normalized spacial score (nSPS) is 24.2. The van der Waals surface area contributed by atoms with Gasteiger partial charge in [-0.1, -0.05) is 17.7 Å². The first kappa shape index (κ1) is 9.56. The van der Waals surface area contributed by atoms with Crippen LogP contribution in [0.4, 0.5) is 0 Å². The number of hydrogen-bond donors (Lipinski definition) is 1. The van der Waals surface area contributed by atoms with E-state index in [0.29, 0.717) is 5.02 Å². The predicted octanol–water partition coefficient (Wildman–Crippen LogP) is 2.50. The van der Waals surface area contributed by atoms with Crippen molar-refractivity contribution in [3.05, 3.63) is 34.9 Å². The molecule has 2 nitrogen and oxygen atoms in total. The van der Waals surface area contributed by atoms with Gasteiger partial charge in [0.25, 0.3) is 0 Å². The number of hydrogen-bond acceptors (Lipinski definition) is 2. The van der Waals surface area contributed by atoms with Gasteiger partial charge in [0, 0.05) is 10.6 Å². The molecule has 14 heavy (non-hydrogen) atoms. The molecule has 0 radical (unpaired) electrons. The summed E-state index contributed by atoms with van der Waals surface area (Å²) in [6.07, 6.45) is 3.76. The third kappa shape index (κ3) is 1.63. The molecule has 1 aromatic carbocycles. The summed E-state index contributed by atoms with van der Waals surface area (Å²) in [4.78, 5) is 0. The SMILES string of the molecule is CC1(CO)C=Cc2cc(Cl)ccc2O1. The van der Waals surface area contributed by atoms with Crippen molar-refractivity contribution in [2.45, 2.75) is 12.5 Å². The molecule has 0 amide bonds. The third-order valence-corrected chi connectivity index (χ3v) is 2.48. The number of benzene rings is 1. The average molecular weight is 211 g/mol. The van der Waals surface area contributed by atoms with Crippen LogP contribution in [0.5, 0.6) is 5.75 Å². The maximum Gasteiger partial charge on any atom is 0.148 e. The number of halogens is 1. The molecule has 0 fully saturated rings. The minimum atomic E-state index is -0.610. The summed E-state index contributed by atoms with van der Waals surface area (Å²) >= 11 is 5.84. The second-order valence-corrected chi connectivity index (χ2v) is 4.02. The van der Waals surface area contributed by atoms with E-state index >= 15 is 0 Å². The molecule has 1 atom stereocenters. The van der Waals surface area contributed by atoms with Crippen molar-refractivity contribution in [3.63, 3.8) is 0 Å². The second-order valence-electron chi connectivity index (χ2n) is 3.59. The minimum Gasteiger partial charge on any atom is -0.480 e. The van der Waals surface area contributed by atoms with Crippen LogP contribution in [-0.2, 0) is 0 Å². The first-order chi connectivity index (χ1) is 6.63. The van der Waals surface area contributed by atoms with Crippen molar-refractivity contribution in [1.29, 1.82) is 0 Å². The van der Waals surface area contributed by atoms with Gasteiger partial charge in [0.2, 0.25) is 0 Å². The van der Waals surface area contributed by atoms with E-state index in [0.717, 1.165) is 11.3 Å². The van der Waals surface area contributed by atoms with Gasteiger partial charge in [0.15, 0.2) is 0 Å². The topological polar surface area (TPSA) is 29.5 Å². The molecule has 1 aliphatic rings. The van der Waals surface area contributed by atoms with E-state index in [2.05, 4.69) is 0 Å². The summed E-state index contributed by atoms with van der Waals surface area (Å²) in [5, 5.41) is 9.81. The molecule has 1 aromatic rings. The van der Waals surface area contributed by atoms with Gasteiger partial charge in [-0.3, -0.25) is 0 Å². The fourth-order valence-corrected chi connectivity index (χ4v) is 1.56. The van der Waals surface area contributed by atoms with Crippen LogP contribution < -0.4 is 4.74 Å². The zero-order valence-corrected chi connectivity index (χ0v) is 8.58. The lowest BCUT2D eigenvalue weighted by molar-refractivity contribution is 0.0641. The van der Waals surface area contributed by atoms with Gasteiger partial charge < -0.3 is 9.84 Å². The number of aliphatic hydroxyl groups is 1. The highest BCUT2D eigenvalue weighted by molar-refractivity contribution is 6.30. The van der Waals surface area contributed by atoms with Gasteiger partial charge in [-0.05, 0) is 31.2 Å². The van der Waals surface area contributed by atoms with Gasteiger partial charge in [0.05, 0.1) is 6.61 Å². The molecule has 1 unspecified atom stereocenters. The fourth-order valence-electron chi connectivity index (χ4n) is 1.38. The molecule has 74 valence electrons. The molecule has 1 heterocycles. The Hall–Kier alpha value is -0.990. The Morgan fingerprint density at radius 3 is 3.00 bits per heavy atom. The largest absolute Gasteiger partial charge is 0.480 e. The average Bonchev–Trinajstić information content (AvgIpc) is 2.19. The highest BCUT2D eigenvalue weighted by Gasteiger charge is 2.26. The number of fused-ring (bicyclic) bond motifs is 1. The number of aliphatic hydroxyl groups excluding tert-OH is 1. The van der Waals surface area contributed by atoms with Crippen LogP contribution in [0.2, 0.25) is 5.02 Å². The fraction of sp³-hybridized carbons (Fsp3) is 0.273. The Labute approximate surface area is 87.8 Å². The number of ether oxygens (including phenoxy) is 1. The van der Waals surface area contributed by atoms with E-state index in [4.69, 9.17) is 21.4 Å². The van der Waals surface area contributed by atoms with E-state index in [9.17, 15) is 0 Å². The summed E-state index contributed by atoms with van der Waals surface area (Å²) in [5.41, 5.74) is 0.337. The summed E-state index contributed by atoms with van der Waals surface area (Å²) in [6.45, 7) is 1.80. The van der Waals surface area contributed by atoms with E-state index in [-0.39, 0.29) is 6.61 Å². The van der Waals surface area contributed by atoms with Gasteiger partial charge in [-0.25, -0.2) is 0 Å². The van der Waals surface area contributed by atoms with Gasteiger partial charge in [-0.15, -0.1) is 0 Å². The lowest BCUT2D eigenvalue weighted by Crippen LogP contribution is -2.35. The molecular weight excluding hydrogens is 200 g/mol. The summed E-state index contributed by atoms with van der Waals surface area (Å²) in [7, 11) is 0. The Balaban J connectivity index is 2.41. The van der Waals surface area contributed by atoms with Crippen molar-refractivity contribution in [2.24, 2.45) is 0 Å². The highest BCUT2D eigenvalue weighted by Crippen LogP contribution is 2.32. The third-order valence-electron chi connectivity index (χ3n) is 2.24. The van der Waals surface area contributed by atoms with Crippen molar-refractivity contribution in [3.8, 4) is 5.75 Å². The molecule has 0 bridgehead atoms. The predicted molar refractivity (Wildman–Crippen MR) is 56.6 cm³/mol. The molecule has 2 rings (SSSR count). The van der Waals surface area contributed by atoms with Crippen LogP contribution in [0.15, 0.2) is 24.3 Å². The first-order valence-corrected chi connectivity index (χ1v) is 4.79. The molecule has 0 spiro atoms. The van der Waals surface area contributed by atoms with E-state index in [1.165, 1.54) is 0 Å². The Morgan fingerprint density at radius 2 is 2.29 bits per heavy atom. The van der Waals surface area contributed by atoms with Crippen LogP contribution in [0.25, 0.3) is 6.08 Å². The van der Waals surface area contributed by atoms with Crippen molar-refractivity contribution < 1.29 is 9.84 Å². The second kappa shape index (κ2) is 3.30. The van der Waals surface area contributed by atoms with E-state index < -0.39 is 5.60 Å².